The number of halogens is 2. The maximum Gasteiger partial charge on any atom is 0.0409 e. The van der Waals surface area contributed by atoms with E-state index in [-0.39, 0.29) is 0 Å². The van der Waals surface area contributed by atoms with Gasteiger partial charge in [-0.15, -0.1) is 0 Å². The van der Waals surface area contributed by atoms with Gasteiger partial charge < -0.3 is 5.32 Å². The van der Waals surface area contributed by atoms with E-state index in [1.54, 1.807) is 0 Å². The maximum absolute atomic E-state index is 6.01. The molecule has 0 aliphatic heterocycles. The summed E-state index contributed by atoms with van der Waals surface area (Å²) in [6.45, 7) is 0.948. The monoisotopic (exact) mass is 349 g/mol. The van der Waals surface area contributed by atoms with Crippen LogP contribution in [0.3, 0.4) is 0 Å². The van der Waals surface area contributed by atoms with Gasteiger partial charge in [0, 0.05) is 21.2 Å². The SMILES string of the molecule is Clc1ccc(I)c(CNC2CCCCC2)c1. The van der Waals surface area contributed by atoms with E-state index in [1.165, 1.54) is 41.2 Å². The highest BCUT2D eigenvalue weighted by atomic mass is 127. The zero-order valence-corrected chi connectivity index (χ0v) is 12.2. The lowest BCUT2D eigenvalue weighted by Crippen LogP contribution is -2.30. The Labute approximate surface area is 116 Å². The zero-order valence-electron chi connectivity index (χ0n) is 9.31. The second kappa shape index (κ2) is 6.22. The van der Waals surface area contributed by atoms with Gasteiger partial charge in [-0.25, -0.2) is 0 Å². The molecular weight excluding hydrogens is 333 g/mol. The number of hydrogen-bond acceptors (Lipinski definition) is 1. The molecule has 16 heavy (non-hydrogen) atoms. The van der Waals surface area contributed by atoms with E-state index in [0.29, 0.717) is 6.04 Å². The summed E-state index contributed by atoms with van der Waals surface area (Å²) in [6.07, 6.45) is 6.83. The smallest absolute Gasteiger partial charge is 0.0409 e. The molecule has 1 aromatic rings. The molecule has 0 amide bonds. The van der Waals surface area contributed by atoms with Gasteiger partial charge in [-0.1, -0.05) is 30.9 Å². The molecule has 1 fully saturated rings. The average Bonchev–Trinajstić information content (AvgIpc) is 2.32. The van der Waals surface area contributed by atoms with Crippen LogP contribution in [0.4, 0.5) is 0 Å². The van der Waals surface area contributed by atoms with E-state index in [1.807, 2.05) is 6.07 Å². The molecule has 3 heteroatoms. The number of nitrogens with one attached hydrogen (secondary N) is 1. The Morgan fingerprint density at radius 1 is 1.25 bits per heavy atom. The third-order valence-electron chi connectivity index (χ3n) is 3.19. The summed E-state index contributed by atoms with van der Waals surface area (Å²) in [5.41, 5.74) is 1.32. The minimum Gasteiger partial charge on any atom is -0.310 e. The van der Waals surface area contributed by atoms with Crippen molar-refractivity contribution in [3.8, 4) is 0 Å². The third-order valence-corrected chi connectivity index (χ3v) is 4.48. The molecule has 0 spiro atoms. The van der Waals surface area contributed by atoms with Crippen molar-refractivity contribution in [1.29, 1.82) is 0 Å². The van der Waals surface area contributed by atoms with Crippen LogP contribution in [0.5, 0.6) is 0 Å². The lowest BCUT2D eigenvalue weighted by Gasteiger charge is -2.23. The first kappa shape index (κ1) is 12.7. The summed E-state index contributed by atoms with van der Waals surface area (Å²) in [4.78, 5) is 0. The molecule has 88 valence electrons. The Hall–Kier alpha value is 0.200. The molecule has 0 radical (unpaired) electrons. The van der Waals surface area contributed by atoms with Crippen molar-refractivity contribution in [2.24, 2.45) is 0 Å². The molecule has 2 rings (SSSR count). The summed E-state index contributed by atoms with van der Waals surface area (Å²) >= 11 is 8.38. The van der Waals surface area contributed by atoms with E-state index in [9.17, 15) is 0 Å². The minimum absolute atomic E-state index is 0.712. The molecule has 1 nitrogen and oxygen atoms in total. The van der Waals surface area contributed by atoms with Crippen LogP contribution < -0.4 is 5.32 Å². The van der Waals surface area contributed by atoms with Crippen LogP contribution in [0.1, 0.15) is 37.7 Å². The molecule has 0 aromatic heterocycles. The lowest BCUT2D eigenvalue weighted by atomic mass is 9.95. The standard InChI is InChI=1S/C13H17ClIN/c14-11-6-7-13(15)10(8-11)9-16-12-4-2-1-3-5-12/h6-8,12,16H,1-5,9H2. The highest BCUT2D eigenvalue weighted by Crippen LogP contribution is 2.20. The van der Waals surface area contributed by atoms with Gasteiger partial charge in [-0.05, 0) is 59.2 Å². The zero-order chi connectivity index (χ0) is 11.4. The van der Waals surface area contributed by atoms with Crippen molar-refractivity contribution >= 4 is 34.2 Å². The Balaban J connectivity index is 1.90. The van der Waals surface area contributed by atoms with E-state index >= 15 is 0 Å². The van der Waals surface area contributed by atoms with Gasteiger partial charge in [0.1, 0.15) is 0 Å². The van der Waals surface area contributed by atoms with Crippen molar-refractivity contribution in [3.05, 3.63) is 32.4 Å². The van der Waals surface area contributed by atoms with Crippen molar-refractivity contribution in [2.45, 2.75) is 44.7 Å². The first-order valence-corrected chi connectivity index (χ1v) is 7.38. The molecule has 0 atom stereocenters. The summed E-state index contributed by atoms with van der Waals surface area (Å²) in [6, 6.07) is 6.82. The number of hydrogen-bond donors (Lipinski definition) is 1. The van der Waals surface area contributed by atoms with Gasteiger partial charge in [0.25, 0.3) is 0 Å². The van der Waals surface area contributed by atoms with Gasteiger partial charge in [-0.3, -0.25) is 0 Å². The van der Waals surface area contributed by atoms with Crippen molar-refractivity contribution in [3.63, 3.8) is 0 Å². The van der Waals surface area contributed by atoms with Gasteiger partial charge in [0.2, 0.25) is 0 Å². The van der Waals surface area contributed by atoms with E-state index in [4.69, 9.17) is 11.6 Å². The molecule has 1 aliphatic carbocycles. The fraction of sp³-hybridized carbons (Fsp3) is 0.538. The Morgan fingerprint density at radius 3 is 2.75 bits per heavy atom. The van der Waals surface area contributed by atoms with Crippen molar-refractivity contribution < 1.29 is 0 Å². The lowest BCUT2D eigenvalue weighted by molar-refractivity contribution is 0.372. The predicted octanol–water partition coefficient (Wildman–Crippen LogP) is 4.37. The quantitative estimate of drug-likeness (QED) is 0.799. The molecule has 1 N–H and O–H groups in total. The average molecular weight is 350 g/mol. The summed E-state index contributed by atoms with van der Waals surface area (Å²) in [5.74, 6) is 0. The molecule has 0 saturated heterocycles. The first-order chi connectivity index (χ1) is 7.75. The van der Waals surface area contributed by atoms with Gasteiger partial charge in [-0.2, -0.15) is 0 Å². The third kappa shape index (κ3) is 3.60. The Bertz CT molecular complexity index is 348. The summed E-state index contributed by atoms with van der Waals surface area (Å²) in [5, 5.41) is 4.48. The molecule has 0 heterocycles. The van der Waals surface area contributed by atoms with E-state index in [2.05, 4.69) is 40.0 Å². The molecule has 1 aliphatic rings. The number of benzene rings is 1. The van der Waals surface area contributed by atoms with Crippen molar-refractivity contribution in [1.82, 2.24) is 5.32 Å². The van der Waals surface area contributed by atoms with Crippen molar-refractivity contribution in [2.75, 3.05) is 0 Å². The predicted molar refractivity (Wildman–Crippen MR) is 77.9 cm³/mol. The van der Waals surface area contributed by atoms with Crippen LogP contribution in [-0.4, -0.2) is 6.04 Å². The molecule has 0 bridgehead atoms. The normalized spacial score (nSPS) is 17.6. The van der Waals surface area contributed by atoms with Crippen LogP contribution in [0, 0.1) is 3.57 Å². The van der Waals surface area contributed by atoms with Crippen LogP contribution >= 0.6 is 34.2 Å². The number of rotatable bonds is 3. The molecular formula is C13H17ClIN. The Kier molecular flexibility index (Phi) is 4.92. The molecule has 1 saturated carbocycles. The largest absolute Gasteiger partial charge is 0.310 e. The highest BCUT2D eigenvalue weighted by molar-refractivity contribution is 14.1. The second-order valence-corrected chi connectivity index (χ2v) is 6.05. The first-order valence-electron chi connectivity index (χ1n) is 5.93. The summed E-state index contributed by atoms with van der Waals surface area (Å²) in [7, 11) is 0. The van der Waals surface area contributed by atoms with Crippen LogP contribution in [0.15, 0.2) is 18.2 Å². The molecule has 1 aromatic carbocycles. The Morgan fingerprint density at radius 2 is 2.00 bits per heavy atom. The van der Waals surface area contributed by atoms with Gasteiger partial charge in [0.15, 0.2) is 0 Å². The topological polar surface area (TPSA) is 12.0 Å². The molecule has 0 unspecified atom stereocenters. The fourth-order valence-electron chi connectivity index (χ4n) is 2.24. The summed E-state index contributed by atoms with van der Waals surface area (Å²) < 4.78 is 1.30. The van der Waals surface area contributed by atoms with Gasteiger partial charge >= 0.3 is 0 Å². The maximum atomic E-state index is 6.01. The van der Waals surface area contributed by atoms with Crippen LogP contribution in [0.2, 0.25) is 5.02 Å². The van der Waals surface area contributed by atoms with E-state index in [0.717, 1.165) is 11.6 Å². The van der Waals surface area contributed by atoms with E-state index < -0.39 is 0 Å². The fourth-order valence-corrected chi connectivity index (χ4v) is 2.96. The van der Waals surface area contributed by atoms with Gasteiger partial charge in [0.05, 0.1) is 0 Å². The van der Waals surface area contributed by atoms with Crippen LogP contribution in [0.25, 0.3) is 0 Å². The second-order valence-electron chi connectivity index (χ2n) is 4.45. The minimum atomic E-state index is 0.712. The van der Waals surface area contributed by atoms with Crippen LogP contribution in [-0.2, 0) is 6.54 Å². The highest BCUT2D eigenvalue weighted by Gasteiger charge is 2.12.